The van der Waals surface area contributed by atoms with Gasteiger partial charge in [0.2, 0.25) is 0 Å². The minimum absolute atomic E-state index is 0.144. The number of benzene rings is 1. The molecule has 0 aliphatic heterocycles. The van der Waals surface area contributed by atoms with Crippen LogP contribution in [-0.2, 0) is 9.53 Å². The van der Waals surface area contributed by atoms with Crippen LogP contribution >= 0.6 is 0 Å². The lowest BCUT2D eigenvalue weighted by atomic mass is 10.0. The van der Waals surface area contributed by atoms with Gasteiger partial charge in [-0.3, -0.25) is 4.79 Å². The van der Waals surface area contributed by atoms with Gasteiger partial charge in [0, 0.05) is 19.1 Å². The second kappa shape index (κ2) is 5.42. The molecule has 86 valence electrons. The van der Waals surface area contributed by atoms with Crippen molar-refractivity contribution in [2.75, 3.05) is 7.11 Å². The van der Waals surface area contributed by atoms with Gasteiger partial charge in [-0.1, -0.05) is 29.8 Å². The molecule has 0 fully saturated rings. The molecule has 4 heteroatoms. The number of Topliss-reactive ketones (excluding diaryl/α,β-unsaturated/α-hetero) is 1. The molecule has 0 aromatic heterocycles. The first-order chi connectivity index (χ1) is 7.54. The molecule has 0 bridgehead atoms. The maximum absolute atomic E-state index is 11.7. The minimum Gasteiger partial charge on any atom is -0.479 e. The Balaban J connectivity index is 2.71. The summed E-state index contributed by atoms with van der Waals surface area (Å²) in [5.74, 6) is -1.35. The Labute approximate surface area is 93.9 Å². The average Bonchev–Trinajstić information content (AvgIpc) is 2.26. The van der Waals surface area contributed by atoms with Crippen molar-refractivity contribution < 1.29 is 19.4 Å². The highest BCUT2D eigenvalue weighted by Gasteiger charge is 2.21. The van der Waals surface area contributed by atoms with E-state index in [9.17, 15) is 9.59 Å². The third-order valence-electron chi connectivity index (χ3n) is 2.30. The molecule has 1 atom stereocenters. The SMILES string of the molecule is COC(CC(=O)c1ccc(C)cc1)C(=O)O. The molecule has 0 heterocycles. The highest BCUT2D eigenvalue weighted by molar-refractivity contribution is 5.98. The molecule has 0 aliphatic rings. The van der Waals surface area contributed by atoms with Crippen LogP contribution in [0.1, 0.15) is 22.3 Å². The zero-order valence-electron chi connectivity index (χ0n) is 9.27. The monoisotopic (exact) mass is 222 g/mol. The normalized spacial score (nSPS) is 12.1. The van der Waals surface area contributed by atoms with Crippen molar-refractivity contribution in [1.29, 1.82) is 0 Å². The van der Waals surface area contributed by atoms with E-state index in [4.69, 9.17) is 9.84 Å². The van der Waals surface area contributed by atoms with Crippen molar-refractivity contribution in [2.45, 2.75) is 19.4 Å². The Bertz CT molecular complexity index is 381. The molecular weight excluding hydrogens is 208 g/mol. The number of carboxylic acid groups (broad SMARTS) is 1. The van der Waals surface area contributed by atoms with Gasteiger partial charge in [0.1, 0.15) is 0 Å². The fourth-order valence-electron chi connectivity index (χ4n) is 1.30. The van der Waals surface area contributed by atoms with E-state index in [0.29, 0.717) is 5.56 Å². The highest BCUT2D eigenvalue weighted by Crippen LogP contribution is 2.09. The smallest absolute Gasteiger partial charge is 0.333 e. The zero-order chi connectivity index (χ0) is 12.1. The van der Waals surface area contributed by atoms with Gasteiger partial charge in [-0.15, -0.1) is 0 Å². The molecule has 0 aliphatic carbocycles. The Kier molecular flexibility index (Phi) is 4.19. The number of aryl methyl sites for hydroxylation is 1. The zero-order valence-corrected chi connectivity index (χ0v) is 9.27. The number of ether oxygens (including phenoxy) is 1. The number of carboxylic acids is 1. The lowest BCUT2D eigenvalue weighted by Crippen LogP contribution is -2.25. The standard InChI is InChI=1S/C12H14O4/c1-8-3-5-9(6-4-8)10(13)7-11(16-2)12(14)15/h3-6,11H,7H2,1-2H3,(H,14,15). The van der Waals surface area contributed by atoms with Gasteiger partial charge in [-0.05, 0) is 6.92 Å². The molecule has 1 rings (SSSR count). The lowest BCUT2D eigenvalue weighted by molar-refractivity contribution is -0.148. The third kappa shape index (κ3) is 3.17. The second-order valence-electron chi connectivity index (χ2n) is 3.56. The first kappa shape index (κ1) is 12.4. The van der Waals surface area contributed by atoms with Gasteiger partial charge in [-0.25, -0.2) is 4.79 Å². The third-order valence-corrected chi connectivity index (χ3v) is 2.30. The Morgan fingerprint density at radius 1 is 1.31 bits per heavy atom. The summed E-state index contributed by atoms with van der Waals surface area (Å²) >= 11 is 0. The van der Waals surface area contributed by atoms with Gasteiger partial charge in [0.25, 0.3) is 0 Å². The Morgan fingerprint density at radius 3 is 2.31 bits per heavy atom. The summed E-state index contributed by atoms with van der Waals surface area (Å²) < 4.78 is 4.71. The number of rotatable bonds is 5. The molecule has 1 unspecified atom stereocenters. The highest BCUT2D eigenvalue weighted by atomic mass is 16.5. The van der Waals surface area contributed by atoms with Crippen LogP contribution in [0.4, 0.5) is 0 Å². The van der Waals surface area contributed by atoms with E-state index in [0.717, 1.165) is 5.56 Å². The van der Waals surface area contributed by atoms with E-state index in [-0.39, 0.29) is 12.2 Å². The lowest BCUT2D eigenvalue weighted by Gasteiger charge is -2.09. The van der Waals surface area contributed by atoms with Crippen LogP contribution < -0.4 is 0 Å². The molecule has 1 aromatic rings. The van der Waals surface area contributed by atoms with E-state index in [1.54, 1.807) is 12.1 Å². The molecule has 0 saturated carbocycles. The first-order valence-electron chi connectivity index (χ1n) is 4.90. The summed E-state index contributed by atoms with van der Waals surface area (Å²) in [4.78, 5) is 22.4. The quantitative estimate of drug-likeness (QED) is 0.770. The van der Waals surface area contributed by atoms with Crippen LogP contribution in [0.5, 0.6) is 0 Å². The van der Waals surface area contributed by atoms with E-state index in [1.165, 1.54) is 7.11 Å². The van der Waals surface area contributed by atoms with Crippen LogP contribution in [0.15, 0.2) is 24.3 Å². The fourth-order valence-corrected chi connectivity index (χ4v) is 1.30. The molecule has 0 radical (unpaired) electrons. The number of hydrogen-bond acceptors (Lipinski definition) is 3. The topological polar surface area (TPSA) is 63.6 Å². The van der Waals surface area contributed by atoms with Crippen LogP contribution in [0.25, 0.3) is 0 Å². The van der Waals surface area contributed by atoms with Crippen molar-refractivity contribution in [3.63, 3.8) is 0 Å². The van der Waals surface area contributed by atoms with Gasteiger partial charge in [0.05, 0.1) is 0 Å². The number of carbonyl (C=O) groups excluding carboxylic acids is 1. The number of carbonyl (C=O) groups is 2. The largest absolute Gasteiger partial charge is 0.479 e. The van der Waals surface area contributed by atoms with Crippen LogP contribution in [0, 0.1) is 6.92 Å². The number of methoxy groups -OCH3 is 1. The van der Waals surface area contributed by atoms with E-state index < -0.39 is 12.1 Å². The van der Waals surface area contributed by atoms with Crippen molar-refractivity contribution in [1.82, 2.24) is 0 Å². The number of hydrogen-bond donors (Lipinski definition) is 1. The molecule has 16 heavy (non-hydrogen) atoms. The number of ketones is 1. The van der Waals surface area contributed by atoms with E-state index >= 15 is 0 Å². The molecule has 0 saturated heterocycles. The van der Waals surface area contributed by atoms with Crippen molar-refractivity contribution >= 4 is 11.8 Å². The van der Waals surface area contributed by atoms with Crippen LogP contribution in [0.3, 0.4) is 0 Å². The Morgan fingerprint density at radius 2 is 1.88 bits per heavy atom. The second-order valence-corrected chi connectivity index (χ2v) is 3.56. The summed E-state index contributed by atoms with van der Waals surface area (Å²) in [6.07, 6.45) is -1.22. The minimum atomic E-state index is -1.12. The maximum Gasteiger partial charge on any atom is 0.333 e. The molecule has 1 N–H and O–H groups in total. The van der Waals surface area contributed by atoms with Crippen molar-refractivity contribution in [2.24, 2.45) is 0 Å². The van der Waals surface area contributed by atoms with Gasteiger partial charge >= 0.3 is 5.97 Å². The van der Waals surface area contributed by atoms with Crippen LogP contribution in [0.2, 0.25) is 0 Å². The molecule has 0 spiro atoms. The molecule has 1 aromatic carbocycles. The summed E-state index contributed by atoms with van der Waals surface area (Å²) in [7, 11) is 1.28. The summed E-state index contributed by atoms with van der Waals surface area (Å²) in [6.45, 7) is 1.92. The molecule has 4 nitrogen and oxygen atoms in total. The summed E-state index contributed by atoms with van der Waals surface area (Å²) in [5.41, 5.74) is 1.56. The summed E-state index contributed by atoms with van der Waals surface area (Å²) in [5, 5.41) is 8.74. The van der Waals surface area contributed by atoms with Crippen LogP contribution in [-0.4, -0.2) is 30.1 Å². The van der Waals surface area contributed by atoms with Crippen molar-refractivity contribution in [3.8, 4) is 0 Å². The molecule has 0 amide bonds. The van der Waals surface area contributed by atoms with E-state index in [1.807, 2.05) is 19.1 Å². The van der Waals surface area contributed by atoms with Crippen molar-refractivity contribution in [3.05, 3.63) is 35.4 Å². The average molecular weight is 222 g/mol. The fraction of sp³-hybridized carbons (Fsp3) is 0.333. The Hall–Kier alpha value is -1.68. The van der Waals surface area contributed by atoms with Gasteiger partial charge < -0.3 is 9.84 Å². The van der Waals surface area contributed by atoms with E-state index in [2.05, 4.69) is 0 Å². The van der Waals surface area contributed by atoms with Gasteiger partial charge in [-0.2, -0.15) is 0 Å². The number of aliphatic carboxylic acids is 1. The summed E-state index contributed by atoms with van der Waals surface area (Å²) in [6, 6.07) is 7.00. The predicted octanol–water partition coefficient (Wildman–Crippen LogP) is 1.67. The first-order valence-corrected chi connectivity index (χ1v) is 4.90. The van der Waals surface area contributed by atoms with Gasteiger partial charge in [0.15, 0.2) is 11.9 Å². The molecular formula is C12H14O4. The maximum atomic E-state index is 11.7. The predicted molar refractivity (Wildman–Crippen MR) is 58.6 cm³/mol.